The lowest BCUT2D eigenvalue weighted by Gasteiger charge is -2.31. The summed E-state index contributed by atoms with van der Waals surface area (Å²) in [6.45, 7) is 1.94. The van der Waals surface area contributed by atoms with Gasteiger partial charge in [-0.3, -0.25) is 9.03 Å². The van der Waals surface area contributed by atoms with Crippen LogP contribution in [0, 0.1) is 0 Å². The van der Waals surface area contributed by atoms with Crippen molar-refractivity contribution >= 4 is 31.4 Å². The zero-order chi connectivity index (χ0) is 19.7. The lowest BCUT2D eigenvalue weighted by atomic mass is 10.0. The van der Waals surface area contributed by atoms with Gasteiger partial charge in [-0.15, -0.1) is 0 Å². The Labute approximate surface area is 160 Å². The van der Waals surface area contributed by atoms with E-state index in [1.807, 2.05) is 0 Å². The predicted octanol–water partition coefficient (Wildman–Crippen LogP) is 2.60. The van der Waals surface area contributed by atoms with Crippen LogP contribution in [0.5, 0.6) is 5.75 Å². The van der Waals surface area contributed by atoms with E-state index in [0.717, 1.165) is 5.56 Å². The smallest absolute Gasteiger partial charge is 0.264 e. The van der Waals surface area contributed by atoms with Crippen molar-refractivity contribution in [3.63, 3.8) is 0 Å². The maximum Gasteiger partial charge on any atom is 0.264 e. The van der Waals surface area contributed by atoms with E-state index in [0.29, 0.717) is 36.5 Å². The van der Waals surface area contributed by atoms with Crippen molar-refractivity contribution in [2.24, 2.45) is 0 Å². The Balaban J connectivity index is 1.95. The monoisotopic (exact) mass is 410 g/mol. The van der Waals surface area contributed by atoms with Crippen LogP contribution in [0.15, 0.2) is 47.4 Å². The minimum atomic E-state index is -3.71. The summed E-state index contributed by atoms with van der Waals surface area (Å²) >= 11 is 0. The molecule has 0 atom stereocenters. The lowest BCUT2D eigenvalue weighted by molar-refractivity contribution is 0.414. The Morgan fingerprint density at radius 3 is 2.41 bits per heavy atom. The molecule has 1 N–H and O–H groups in total. The van der Waals surface area contributed by atoms with Crippen LogP contribution in [0.1, 0.15) is 18.9 Å². The van der Waals surface area contributed by atoms with Crippen molar-refractivity contribution in [2.75, 3.05) is 28.4 Å². The number of nitrogens with zero attached hydrogens (tertiary/aromatic N) is 1. The molecule has 2 aromatic rings. The maximum atomic E-state index is 13.1. The standard InChI is InChI=1S/C18H22N2O5S2/c1-3-26(21,22)19-15-6-11-18-14(13-15)5-4-12-20(18)27(23,24)17-9-7-16(25-2)8-10-17/h6-11,13,19H,3-5,12H2,1-2H3. The zero-order valence-electron chi connectivity index (χ0n) is 15.2. The van der Waals surface area contributed by atoms with Gasteiger partial charge in [0.2, 0.25) is 10.0 Å². The second kappa shape index (κ2) is 7.40. The van der Waals surface area contributed by atoms with Crippen LogP contribution in [0.4, 0.5) is 11.4 Å². The molecule has 0 unspecified atom stereocenters. The topological polar surface area (TPSA) is 92.8 Å². The number of anilines is 2. The third kappa shape index (κ3) is 4.03. The minimum Gasteiger partial charge on any atom is -0.497 e. The van der Waals surface area contributed by atoms with Crippen molar-refractivity contribution < 1.29 is 21.6 Å². The number of benzene rings is 2. The highest BCUT2D eigenvalue weighted by molar-refractivity contribution is 7.93. The van der Waals surface area contributed by atoms with Gasteiger partial charge in [0.25, 0.3) is 10.0 Å². The van der Waals surface area contributed by atoms with Crippen LogP contribution >= 0.6 is 0 Å². The van der Waals surface area contributed by atoms with E-state index < -0.39 is 20.0 Å². The fraction of sp³-hybridized carbons (Fsp3) is 0.333. The van der Waals surface area contributed by atoms with E-state index >= 15 is 0 Å². The summed E-state index contributed by atoms with van der Waals surface area (Å²) in [5.74, 6) is 0.558. The summed E-state index contributed by atoms with van der Waals surface area (Å²) in [6, 6.07) is 11.2. The van der Waals surface area contributed by atoms with Gasteiger partial charge in [-0.1, -0.05) is 0 Å². The fourth-order valence-electron chi connectivity index (χ4n) is 3.00. The molecule has 0 spiro atoms. The summed E-state index contributed by atoms with van der Waals surface area (Å²) in [5.41, 5.74) is 1.82. The SMILES string of the molecule is CCS(=O)(=O)Nc1ccc2c(c1)CCCN2S(=O)(=O)c1ccc(OC)cc1. The number of ether oxygens (including phenoxy) is 1. The van der Waals surface area contributed by atoms with Gasteiger partial charge in [-0.05, 0) is 67.8 Å². The van der Waals surface area contributed by atoms with Crippen molar-refractivity contribution in [3.05, 3.63) is 48.0 Å². The molecule has 2 aromatic carbocycles. The van der Waals surface area contributed by atoms with E-state index in [1.165, 1.54) is 23.5 Å². The Morgan fingerprint density at radius 2 is 1.78 bits per heavy atom. The summed E-state index contributed by atoms with van der Waals surface area (Å²) in [4.78, 5) is 0.187. The molecule has 1 aliphatic heterocycles. The van der Waals surface area contributed by atoms with Crippen LogP contribution in [0.2, 0.25) is 0 Å². The van der Waals surface area contributed by atoms with Crippen molar-refractivity contribution in [2.45, 2.75) is 24.7 Å². The number of fused-ring (bicyclic) bond motifs is 1. The first-order valence-corrected chi connectivity index (χ1v) is 11.7. The summed E-state index contributed by atoms with van der Waals surface area (Å²) in [7, 11) is -5.58. The Bertz CT molecular complexity index is 1030. The average Bonchev–Trinajstić information content (AvgIpc) is 2.67. The van der Waals surface area contributed by atoms with Gasteiger partial charge >= 0.3 is 0 Å². The molecule has 0 aromatic heterocycles. The Kier molecular flexibility index (Phi) is 5.34. The Hall–Kier alpha value is -2.26. The molecule has 0 radical (unpaired) electrons. The molecule has 0 saturated heterocycles. The van der Waals surface area contributed by atoms with Crippen LogP contribution in [0.25, 0.3) is 0 Å². The Morgan fingerprint density at radius 1 is 1.07 bits per heavy atom. The molecule has 1 heterocycles. The second-order valence-corrected chi connectivity index (χ2v) is 10.1. The first-order chi connectivity index (χ1) is 12.8. The number of hydrogen-bond acceptors (Lipinski definition) is 5. The molecule has 3 rings (SSSR count). The van der Waals surface area contributed by atoms with Crippen LogP contribution in [-0.4, -0.2) is 36.2 Å². The highest BCUT2D eigenvalue weighted by Gasteiger charge is 2.29. The molecule has 1 aliphatic rings. The van der Waals surface area contributed by atoms with E-state index in [9.17, 15) is 16.8 Å². The number of nitrogens with one attached hydrogen (secondary N) is 1. The molecule has 0 saturated carbocycles. The molecule has 0 fully saturated rings. The van der Waals surface area contributed by atoms with Gasteiger partial charge in [0, 0.05) is 12.2 Å². The van der Waals surface area contributed by atoms with Gasteiger partial charge in [0.15, 0.2) is 0 Å². The molecule has 0 bridgehead atoms. The average molecular weight is 411 g/mol. The molecular formula is C18H22N2O5S2. The van der Waals surface area contributed by atoms with E-state index in [2.05, 4.69) is 4.72 Å². The zero-order valence-corrected chi connectivity index (χ0v) is 16.8. The number of hydrogen-bond donors (Lipinski definition) is 1. The van der Waals surface area contributed by atoms with E-state index in [4.69, 9.17) is 4.74 Å². The minimum absolute atomic E-state index is 0.0257. The van der Waals surface area contributed by atoms with Crippen LogP contribution < -0.4 is 13.8 Å². The van der Waals surface area contributed by atoms with Crippen LogP contribution in [0.3, 0.4) is 0 Å². The van der Waals surface area contributed by atoms with Gasteiger partial charge < -0.3 is 4.74 Å². The largest absolute Gasteiger partial charge is 0.497 e. The fourth-order valence-corrected chi connectivity index (χ4v) is 5.17. The summed E-state index contributed by atoms with van der Waals surface area (Å²) in [5, 5.41) is 0. The quantitative estimate of drug-likeness (QED) is 0.790. The number of rotatable bonds is 6. The maximum absolute atomic E-state index is 13.1. The third-order valence-corrected chi connectivity index (χ3v) is 7.59. The molecular weight excluding hydrogens is 388 g/mol. The summed E-state index contributed by atoms with van der Waals surface area (Å²) in [6.07, 6.45) is 1.35. The molecule has 0 aliphatic carbocycles. The molecule has 9 heteroatoms. The molecule has 0 amide bonds. The second-order valence-electron chi connectivity index (χ2n) is 6.21. The number of methoxy groups -OCH3 is 1. The van der Waals surface area contributed by atoms with Crippen molar-refractivity contribution in [3.8, 4) is 5.75 Å². The van der Waals surface area contributed by atoms with Crippen LogP contribution in [-0.2, 0) is 26.5 Å². The van der Waals surface area contributed by atoms with Gasteiger partial charge in [-0.2, -0.15) is 0 Å². The number of aryl methyl sites for hydroxylation is 1. The normalized spacial score (nSPS) is 14.5. The van der Waals surface area contributed by atoms with Gasteiger partial charge in [0.05, 0.1) is 23.4 Å². The van der Waals surface area contributed by atoms with Gasteiger partial charge in [0.1, 0.15) is 5.75 Å². The lowest BCUT2D eigenvalue weighted by Crippen LogP contribution is -2.35. The van der Waals surface area contributed by atoms with Gasteiger partial charge in [-0.25, -0.2) is 16.8 Å². The highest BCUT2D eigenvalue weighted by Crippen LogP contribution is 2.34. The van der Waals surface area contributed by atoms with Crippen molar-refractivity contribution in [1.82, 2.24) is 0 Å². The predicted molar refractivity (Wildman–Crippen MR) is 105 cm³/mol. The van der Waals surface area contributed by atoms with E-state index in [-0.39, 0.29) is 10.6 Å². The molecule has 7 nitrogen and oxygen atoms in total. The molecule has 146 valence electrons. The summed E-state index contributed by atoms with van der Waals surface area (Å²) < 4.78 is 58.7. The first kappa shape index (κ1) is 19.5. The number of sulfonamides is 2. The highest BCUT2D eigenvalue weighted by atomic mass is 32.2. The third-order valence-electron chi connectivity index (χ3n) is 4.46. The van der Waals surface area contributed by atoms with Crippen molar-refractivity contribution in [1.29, 1.82) is 0 Å². The first-order valence-electron chi connectivity index (χ1n) is 8.57. The molecule has 27 heavy (non-hydrogen) atoms. The van der Waals surface area contributed by atoms with E-state index in [1.54, 1.807) is 37.3 Å².